The lowest BCUT2D eigenvalue weighted by molar-refractivity contribution is -0.168. The highest BCUT2D eigenvalue weighted by molar-refractivity contribution is 5.72. The summed E-state index contributed by atoms with van der Waals surface area (Å²) in [7, 11) is 0. The van der Waals surface area contributed by atoms with E-state index >= 15 is 0 Å². The third-order valence-electron chi connectivity index (χ3n) is 5.25. The summed E-state index contributed by atoms with van der Waals surface area (Å²) in [5.41, 5.74) is 0. The van der Waals surface area contributed by atoms with E-state index < -0.39 is 6.10 Å². The Hall–Kier alpha value is -1.59. The fourth-order valence-corrected chi connectivity index (χ4v) is 3.23. The summed E-state index contributed by atoms with van der Waals surface area (Å²) in [6.45, 7) is 8.19. The topological polar surface area (TPSA) is 78.9 Å². The maximum atomic E-state index is 12.6. The molecular formula is C25H46O6. The molecule has 1 unspecified atom stereocenters. The van der Waals surface area contributed by atoms with E-state index in [1.807, 2.05) is 0 Å². The maximum Gasteiger partial charge on any atom is 0.309 e. The third kappa shape index (κ3) is 16.7. The predicted molar refractivity (Wildman–Crippen MR) is 123 cm³/mol. The first-order chi connectivity index (χ1) is 15.0. The molecule has 0 fully saturated rings. The summed E-state index contributed by atoms with van der Waals surface area (Å²) < 4.78 is 16.3. The average molecular weight is 443 g/mol. The smallest absolute Gasteiger partial charge is 0.309 e. The van der Waals surface area contributed by atoms with Gasteiger partial charge in [-0.3, -0.25) is 14.4 Å². The van der Waals surface area contributed by atoms with Crippen molar-refractivity contribution in [2.45, 2.75) is 124 Å². The molecule has 0 saturated heterocycles. The van der Waals surface area contributed by atoms with Crippen LogP contribution < -0.4 is 0 Å². The second-order valence-corrected chi connectivity index (χ2v) is 8.32. The number of esters is 3. The zero-order valence-corrected chi connectivity index (χ0v) is 20.4. The molecule has 0 aliphatic rings. The van der Waals surface area contributed by atoms with Crippen LogP contribution in [0.1, 0.15) is 118 Å². The first-order valence-corrected chi connectivity index (χ1v) is 12.5. The second kappa shape index (κ2) is 20.3. The zero-order valence-electron chi connectivity index (χ0n) is 20.4. The van der Waals surface area contributed by atoms with Gasteiger partial charge in [0.1, 0.15) is 13.2 Å². The first-order valence-electron chi connectivity index (χ1n) is 12.5. The molecule has 6 heteroatoms. The summed E-state index contributed by atoms with van der Waals surface area (Å²) in [5.74, 6) is -1.03. The van der Waals surface area contributed by atoms with E-state index in [9.17, 15) is 14.4 Å². The van der Waals surface area contributed by atoms with Gasteiger partial charge in [-0.15, -0.1) is 0 Å². The van der Waals surface area contributed by atoms with Crippen LogP contribution in [-0.2, 0) is 28.6 Å². The van der Waals surface area contributed by atoms with E-state index in [4.69, 9.17) is 14.2 Å². The molecule has 0 aromatic carbocycles. The van der Waals surface area contributed by atoms with Gasteiger partial charge in [0, 0.05) is 12.8 Å². The summed E-state index contributed by atoms with van der Waals surface area (Å²) in [5, 5.41) is 0. The molecule has 0 aliphatic carbocycles. The van der Waals surface area contributed by atoms with Gasteiger partial charge in [-0.2, -0.15) is 0 Å². The molecule has 31 heavy (non-hydrogen) atoms. The molecule has 0 spiro atoms. The lowest BCUT2D eigenvalue weighted by Gasteiger charge is -2.20. The quantitative estimate of drug-likeness (QED) is 0.128. The Morgan fingerprint density at radius 3 is 1.61 bits per heavy atom. The summed E-state index contributed by atoms with van der Waals surface area (Å²) in [6.07, 6.45) is 11.1. The van der Waals surface area contributed by atoms with Gasteiger partial charge in [0.05, 0.1) is 5.92 Å². The number of hydrogen-bond acceptors (Lipinski definition) is 6. The van der Waals surface area contributed by atoms with Gasteiger partial charge in [-0.1, -0.05) is 79.1 Å². The van der Waals surface area contributed by atoms with Crippen molar-refractivity contribution in [2.75, 3.05) is 13.2 Å². The SMILES string of the molecule is CCCCCC(=O)OCC(COC(=O)C(CCCC)CCCC)OC(=O)CCCCC. The minimum Gasteiger partial charge on any atom is -0.462 e. The van der Waals surface area contributed by atoms with Crippen LogP contribution >= 0.6 is 0 Å². The lowest BCUT2D eigenvalue weighted by Crippen LogP contribution is -2.32. The maximum absolute atomic E-state index is 12.6. The third-order valence-corrected chi connectivity index (χ3v) is 5.25. The van der Waals surface area contributed by atoms with Crippen LogP contribution in [0.25, 0.3) is 0 Å². The molecule has 0 aliphatic heterocycles. The van der Waals surface area contributed by atoms with Crippen molar-refractivity contribution in [1.29, 1.82) is 0 Å². The van der Waals surface area contributed by atoms with Crippen LogP contribution in [0.3, 0.4) is 0 Å². The number of ether oxygens (including phenoxy) is 3. The van der Waals surface area contributed by atoms with Crippen LogP contribution in [0.2, 0.25) is 0 Å². The van der Waals surface area contributed by atoms with Crippen LogP contribution in [0.15, 0.2) is 0 Å². The van der Waals surface area contributed by atoms with Crippen molar-refractivity contribution in [3.05, 3.63) is 0 Å². The van der Waals surface area contributed by atoms with Crippen LogP contribution in [-0.4, -0.2) is 37.2 Å². The molecule has 0 N–H and O–H groups in total. The standard InChI is InChI=1S/C25H46O6/c1-5-9-13-17-23(26)29-19-22(31-24(27)18-14-10-6-2)20-30-25(28)21(15-11-7-3)16-12-8-4/h21-22H,5-20H2,1-4H3. The Kier molecular flexibility index (Phi) is 19.3. The number of rotatable bonds is 20. The van der Waals surface area contributed by atoms with Gasteiger partial charge in [0.25, 0.3) is 0 Å². The van der Waals surface area contributed by atoms with Gasteiger partial charge in [-0.25, -0.2) is 0 Å². The molecule has 0 heterocycles. The number of carbonyl (C=O) groups is 3. The number of carbonyl (C=O) groups excluding carboxylic acids is 3. The van der Waals surface area contributed by atoms with Gasteiger partial charge in [-0.05, 0) is 25.7 Å². The first kappa shape index (κ1) is 29.4. The van der Waals surface area contributed by atoms with Crippen molar-refractivity contribution in [3.63, 3.8) is 0 Å². The molecule has 0 aromatic heterocycles. The molecule has 182 valence electrons. The molecule has 0 amide bonds. The highest BCUT2D eigenvalue weighted by Crippen LogP contribution is 2.18. The molecule has 6 nitrogen and oxygen atoms in total. The van der Waals surface area contributed by atoms with E-state index in [1.165, 1.54) is 0 Å². The summed E-state index contributed by atoms with van der Waals surface area (Å²) in [6, 6.07) is 0. The average Bonchev–Trinajstić information content (AvgIpc) is 2.75. The van der Waals surface area contributed by atoms with Gasteiger partial charge < -0.3 is 14.2 Å². The minimum atomic E-state index is -0.758. The number of hydrogen-bond donors (Lipinski definition) is 0. The predicted octanol–water partition coefficient (Wildman–Crippen LogP) is 6.14. The van der Waals surface area contributed by atoms with Gasteiger partial charge >= 0.3 is 17.9 Å². The Morgan fingerprint density at radius 2 is 1.10 bits per heavy atom. The van der Waals surface area contributed by atoms with E-state index in [0.29, 0.717) is 12.8 Å². The molecule has 1 atom stereocenters. The second-order valence-electron chi connectivity index (χ2n) is 8.32. The van der Waals surface area contributed by atoms with E-state index in [2.05, 4.69) is 27.7 Å². The Labute approximate surface area is 189 Å². The van der Waals surface area contributed by atoms with Crippen LogP contribution in [0, 0.1) is 5.92 Å². The van der Waals surface area contributed by atoms with E-state index in [-0.39, 0.29) is 37.0 Å². The summed E-state index contributed by atoms with van der Waals surface area (Å²) in [4.78, 5) is 36.7. The molecule has 0 aromatic rings. The van der Waals surface area contributed by atoms with Crippen molar-refractivity contribution in [1.82, 2.24) is 0 Å². The normalized spacial score (nSPS) is 11.9. The van der Waals surface area contributed by atoms with E-state index in [0.717, 1.165) is 77.0 Å². The van der Waals surface area contributed by atoms with Crippen molar-refractivity contribution in [3.8, 4) is 0 Å². The minimum absolute atomic E-state index is 0.0741. The zero-order chi connectivity index (χ0) is 23.3. The Bertz CT molecular complexity index is 469. The Morgan fingerprint density at radius 1 is 0.613 bits per heavy atom. The van der Waals surface area contributed by atoms with E-state index in [1.54, 1.807) is 0 Å². The van der Waals surface area contributed by atoms with Crippen molar-refractivity contribution >= 4 is 17.9 Å². The monoisotopic (exact) mass is 442 g/mol. The molecular weight excluding hydrogens is 396 g/mol. The van der Waals surface area contributed by atoms with Gasteiger partial charge in [0.2, 0.25) is 0 Å². The largest absolute Gasteiger partial charge is 0.462 e. The van der Waals surface area contributed by atoms with Crippen LogP contribution in [0.4, 0.5) is 0 Å². The Balaban J connectivity index is 4.74. The molecule has 0 radical (unpaired) electrons. The highest BCUT2D eigenvalue weighted by atomic mass is 16.6. The van der Waals surface area contributed by atoms with Gasteiger partial charge in [0.15, 0.2) is 6.10 Å². The van der Waals surface area contributed by atoms with Crippen molar-refractivity contribution in [2.24, 2.45) is 5.92 Å². The molecule has 0 saturated carbocycles. The fourth-order valence-electron chi connectivity index (χ4n) is 3.23. The summed E-state index contributed by atoms with van der Waals surface area (Å²) >= 11 is 0. The highest BCUT2D eigenvalue weighted by Gasteiger charge is 2.23. The lowest BCUT2D eigenvalue weighted by atomic mass is 9.96. The fraction of sp³-hybridized carbons (Fsp3) is 0.880. The molecule has 0 bridgehead atoms. The van der Waals surface area contributed by atoms with Crippen molar-refractivity contribution < 1.29 is 28.6 Å². The molecule has 0 rings (SSSR count). The van der Waals surface area contributed by atoms with Crippen LogP contribution in [0.5, 0.6) is 0 Å². The number of unbranched alkanes of at least 4 members (excludes halogenated alkanes) is 6.